The standard InChI is InChI=1S/C26H23N3O5/c1-2-28-20-5-3-4-6-21(20)29(26(32)25(28)31)15-17-7-10-19(11-8-17)24(30)27-14-18-9-12-22-23(13-18)34-16-33-22/h3-13H,2,14-16H2,1H3,(H,27,30). The Bertz CT molecular complexity index is 1500. The fraction of sp³-hybridized carbons (Fsp3) is 0.192. The van der Waals surface area contributed by atoms with Gasteiger partial charge in [0, 0.05) is 18.7 Å². The van der Waals surface area contributed by atoms with E-state index in [1.807, 2.05) is 49.4 Å². The van der Waals surface area contributed by atoms with Crippen molar-refractivity contribution in [1.29, 1.82) is 0 Å². The highest BCUT2D eigenvalue weighted by Crippen LogP contribution is 2.32. The molecule has 0 aliphatic carbocycles. The van der Waals surface area contributed by atoms with Gasteiger partial charge in [0.25, 0.3) is 5.91 Å². The average molecular weight is 457 g/mol. The van der Waals surface area contributed by atoms with E-state index < -0.39 is 11.1 Å². The van der Waals surface area contributed by atoms with E-state index in [1.165, 1.54) is 9.13 Å². The van der Waals surface area contributed by atoms with Gasteiger partial charge in [-0.2, -0.15) is 0 Å². The number of ether oxygens (including phenoxy) is 2. The molecule has 5 rings (SSSR count). The van der Waals surface area contributed by atoms with Crippen LogP contribution in [0.2, 0.25) is 0 Å². The molecule has 0 unspecified atom stereocenters. The number of hydrogen-bond acceptors (Lipinski definition) is 5. The van der Waals surface area contributed by atoms with Crippen molar-refractivity contribution >= 4 is 16.9 Å². The lowest BCUT2D eigenvalue weighted by Gasteiger charge is -2.14. The second-order valence-electron chi connectivity index (χ2n) is 8.00. The van der Waals surface area contributed by atoms with Crippen LogP contribution in [-0.4, -0.2) is 21.8 Å². The van der Waals surface area contributed by atoms with Crippen LogP contribution in [0.25, 0.3) is 11.0 Å². The van der Waals surface area contributed by atoms with E-state index in [2.05, 4.69) is 5.32 Å². The van der Waals surface area contributed by atoms with Crippen LogP contribution in [0.1, 0.15) is 28.4 Å². The third-order valence-corrected chi connectivity index (χ3v) is 5.90. The fourth-order valence-corrected chi connectivity index (χ4v) is 4.12. The minimum Gasteiger partial charge on any atom is -0.454 e. The zero-order valence-corrected chi connectivity index (χ0v) is 18.6. The van der Waals surface area contributed by atoms with E-state index in [4.69, 9.17) is 9.47 Å². The van der Waals surface area contributed by atoms with Crippen molar-refractivity contribution in [3.05, 3.63) is 104 Å². The van der Waals surface area contributed by atoms with Gasteiger partial charge in [0.1, 0.15) is 0 Å². The smallest absolute Gasteiger partial charge is 0.317 e. The summed E-state index contributed by atoms with van der Waals surface area (Å²) in [4.78, 5) is 38.0. The van der Waals surface area contributed by atoms with E-state index in [-0.39, 0.29) is 19.2 Å². The molecular formula is C26H23N3O5. The number of fused-ring (bicyclic) bond motifs is 2. The lowest BCUT2D eigenvalue weighted by molar-refractivity contribution is 0.0951. The van der Waals surface area contributed by atoms with Gasteiger partial charge in [0.2, 0.25) is 6.79 Å². The first kappa shape index (κ1) is 21.5. The van der Waals surface area contributed by atoms with Crippen molar-refractivity contribution in [1.82, 2.24) is 14.5 Å². The predicted molar refractivity (Wildman–Crippen MR) is 127 cm³/mol. The molecule has 0 bridgehead atoms. The molecule has 1 N–H and O–H groups in total. The third kappa shape index (κ3) is 3.94. The number of benzene rings is 3. The minimum absolute atomic E-state index is 0.205. The molecule has 0 atom stereocenters. The summed E-state index contributed by atoms with van der Waals surface area (Å²) in [5.74, 6) is 1.16. The predicted octanol–water partition coefficient (Wildman–Crippen LogP) is 2.89. The van der Waals surface area contributed by atoms with Crippen molar-refractivity contribution in [2.45, 2.75) is 26.6 Å². The lowest BCUT2D eigenvalue weighted by Crippen LogP contribution is -2.41. The van der Waals surface area contributed by atoms with Crippen molar-refractivity contribution < 1.29 is 14.3 Å². The molecule has 34 heavy (non-hydrogen) atoms. The van der Waals surface area contributed by atoms with Crippen LogP contribution in [0, 0.1) is 0 Å². The molecule has 1 aliphatic heterocycles. The van der Waals surface area contributed by atoms with E-state index in [0.717, 1.165) is 11.1 Å². The number of nitrogens with one attached hydrogen (secondary N) is 1. The van der Waals surface area contributed by atoms with Gasteiger partial charge in [-0.3, -0.25) is 19.0 Å². The number of hydrogen-bond donors (Lipinski definition) is 1. The molecule has 1 aliphatic rings. The van der Waals surface area contributed by atoms with E-state index in [1.54, 1.807) is 24.3 Å². The highest BCUT2D eigenvalue weighted by Gasteiger charge is 2.15. The van der Waals surface area contributed by atoms with Crippen LogP contribution in [-0.2, 0) is 19.6 Å². The highest BCUT2D eigenvalue weighted by atomic mass is 16.7. The maximum Gasteiger partial charge on any atom is 0.317 e. The van der Waals surface area contributed by atoms with Gasteiger partial charge in [-0.25, -0.2) is 0 Å². The number of rotatable bonds is 6. The molecular weight excluding hydrogens is 434 g/mol. The monoisotopic (exact) mass is 457 g/mol. The van der Waals surface area contributed by atoms with E-state index in [9.17, 15) is 14.4 Å². The average Bonchev–Trinajstić information content (AvgIpc) is 3.34. The fourth-order valence-electron chi connectivity index (χ4n) is 4.12. The van der Waals surface area contributed by atoms with Crippen molar-refractivity contribution in [2.75, 3.05) is 6.79 Å². The summed E-state index contributed by atoms with van der Waals surface area (Å²) < 4.78 is 13.6. The molecule has 4 aromatic rings. The molecule has 2 heterocycles. The Morgan fingerprint density at radius 3 is 2.24 bits per heavy atom. The summed E-state index contributed by atoms with van der Waals surface area (Å²) in [6.45, 7) is 3.06. The first-order chi connectivity index (χ1) is 16.5. The second kappa shape index (κ2) is 8.90. The second-order valence-corrected chi connectivity index (χ2v) is 8.00. The van der Waals surface area contributed by atoms with Crippen molar-refractivity contribution in [2.24, 2.45) is 0 Å². The Morgan fingerprint density at radius 1 is 0.853 bits per heavy atom. The molecule has 0 saturated heterocycles. The summed E-state index contributed by atoms with van der Waals surface area (Å²) in [7, 11) is 0. The number of amides is 1. The van der Waals surface area contributed by atoms with Gasteiger partial charge in [0.15, 0.2) is 11.5 Å². The Kier molecular flexibility index (Phi) is 5.63. The van der Waals surface area contributed by atoms with Crippen LogP contribution in [0.5, 0.6) is 11.5 Å². The van der Waals surface area contributed by atoms with Crippen molar-refractivity contribution in [3.63, 3.8) is 0 Å². The zero-order chi connectivity index (χ0) is 23.7. The Balaban J connectivity index is 1.32. The lowest BCUT2D eigenvalue weighted by atomic mass is 10.1. The maximum absolute atomic E-state index is 12.8. The van der Waals surface area contributed by atoms with Crippen LogP contribution < -0.4 is 25.9 Å². The molecule has 0 fully saturated rings. The van der Waals surface area contributed by atoms with Gasteiger partial charge in [-0.05, 0) is 54.4 Å². The van der Waals surface area contributed by atoms with Gasteiger partial charge in [-0.15, -0.1) is 0 Å². The van der Waals surface area contributed by atoms with Gasteiger partial charge in [-0.1, -0.05) is 30.3 Å². The van der Waals surface area contributed by atoms with Crippen LogP contribution in [0.4, 0.5) is 0 Å². The molecule has 3 aromatic carbocycles. The molecule has 8 heteroatoms. The summed E-state index contributed by atoms with van der Waals surface area (Å²) >= 11 is 0. The number of aryl methyl sites for hydroxylation is 1. The molecule has 0 spiro atoms. The Hall–Kier alpha value is -4.33. The molecule has 0 saturated carbocycles. The highest BCUT2D eigenvalue weighted by molar-refractivity contribution is 5.94. The first-order valence-electron chi connectivity index (χ1n) is 11.0. The molecule has 8 nitrogen and oxygen atoms in total. The van der Waals surface area contributed by atoms with Crippen molar-refractivity contribution in [3.8, 4) is 11.5 Å². The summed E-state index contributed by atoms with van der Waals surface area (Å²) in [5, 5.41) is 2.89. The van der Waals surface area contributed by atoms with E-state index >= 15 is 0 Å². The summed E-state index contributed by atoms with van der Waals surface area (Å²) in [6.07, 6.45) is 0. The zero-order valence-electron chi connectivity index (χ0n) is 18.6. The first-order valence-corrected chi connectivity index (χ1v) is 11.0. The number of aromatic nitrogens is 2. The van der Waals surface area contributed by atoms with Crippen LogP contribution >= 0.6 is 0 Å². The molecule has 172 valence electrons. The van der Waals surface area contributed by atoms with E-state index in [0.29, 0.717) is 41.2 Å². The molecule has 1 amide bonds. The Labute approximate surface area is 195 Å². The number of para-hydroxylation sites is 2. The van der Waals surface area contributed by atoms with Gasteiger partial charge >= 0.3 is 11.1 Å². The number of carbonyl (C=O) groups is 1. The number of carbonyl (C=O) groups excluding carboxylic acids is 1. The topological polar surface area (TPSA) is 91.6 Å². The minimum atomic E-state index is -0.564. The quantitative estimate of drug-likeness (QED) is 0.450. The largest absolute Gasteiger partial charge is 0.454 e. The van der Waals surface area contributed by atoms with Gasteiger partial charge in [0.05, 0.1) is 17.6 Å². The summed E-state index contributed by atoms with van der Waals surface area (Å²) in [6, 6.07) is 19.9. The third-order valence-electron chi connectivity index (χ3n) is 5.90. The molecule has 1 aromatic heterocycles. The van der Waals surface area contributed by atoms with Gasteiger partial charge < -0.3 is 19.4 Å². The molecule has 0 radical (unpaired) electrons. The number of nitrogens with zero attached hydrogens (tertiary/aromatic N) is 2. The maximum atomic E-state index is 12.8. The normalized spacial score (nSPS) is 12.1. The van der Waals surface area contributed by atoms with Crippen LogP contribution in [0.3, 0.4) is 0 Å². The Morgan fingerprint density at radius 2 is 1.50 bits per heavy atom. The SMILES string of the molecule is CCn1c(=O)c(=O)n(Cc2ccc(C(=O)NCc3ccc4c(c3)OCO4)cc2)c2ccccc21. The van der Waals surface area contributed by atoms with Crippen LogP contribution in [0.15, 0.2) is 76.3 Å². The summed E-state index contributed by atoms with van der Waals surface area (Å²) in [5.41, 5.74) is 2.53.